The number of nitrogens with one attached hydrogen (secondary N) is 1. The molecule has 0 amide bonds. The fourth-order valence-electron chi connectivity index (χ4n) is 1.63. The van der Waals surface area contributed by atoms with Crippen LogP contribution in [0.3, 0.4) is 0 Å². The fraction of sp³-hybridized carbons (Fsp3) is 0.143. The molecule has 0 aliphatic heterocycles. The number of nitrogens with two attached hydrogens (primary N) is 1. The van der Waals surface area contributed by atoms with Crippen molar-refractivity contribution >= 4 is 17.1 Å². The minimum absolute atomic E-state index is 0.734. The molecule has 0 aromatic heterocycles. The maximum atomic E-state index is 5.65. The molecular formula is C14H16N2O2. The van der Waals surface area contributed by atoms with E-state index in [1.54, 1.807) is 14.2 Å². The Kier molecular flexibility index (Phi) is 3.57. The van der Waals surface area contributed by atoms with Crippen LogP contribution in [0.4, 0.5) is 17.1 Å². The van der Waals surface area contributed by atoms with E-state index >= 15 is 0 Å². The van der Waals surface area contributed by atoms with Crippen LogP contribution in [0.1, 0.15) is 0 Å². The first-order valence-corrected chi connectivity index (χ1v) is 5.57. The molecule has 0 aliphatic rings. The summed E-state index contributed by atoms with van der Waals surface area (Å²) in [4.78, 5) is 0. The van der Waals surface area contributed by atoms with Crippen molar-refractivity contribution in [2.24, 2.45) is 0 Å². The summed E-state index contributed by atoms with van der Waals surface area (Å²) in [6.45, 7) is 0. The molecule has 4 heteroatoms. The molecule has 0 saturated heterocycles. The van der Waals surface area contributed by atoms with Crippen LogP contribution in [0, 0.1) is 0 Å². The van der Waals surface area contributed by atoms with E-state index in [2.05, 4.69) is 5.32 Å². The molecule has 0 atom stereocenters. The lowest BCUT2D eigenvalue weighted by Crippen LogP contribution is -1.96. The zero-order valence-electron chi connectivity index (χ0n) is 10.4. The van der Waals surface area contributed by atoms with Crippen LogP contribution in [0.5, 0.6) is 11.5 Å². The number of benzene rings is 2. The highest BCUT2D eigenvalue weighted by molar-refractivity contribution is 5.68. The monoisotopic (exact) mass is 244 g/mol. The molecule has 2 rings (SSSR count). The van der Waals surface area contributed by atoms with Crippen LogP contribution >= 0.6 is 0 Å². The molecule has 0 saturated carbocycles. The van der Waals surface area contributed by atoms with E-state index in [0.717, 1.165) is 28.6 Å². The number of methoxy groups -OCH3 is 2. The first-order valence-electron chi connectivity index (χ1n) is 5.57. The molecule has 94 valence electrons. The molecule has 2 aromatic carbocycles. The second-order valence-electron chi connectivity index (χ2n) is 3.81. The van der Waals surface area contributed by atoms with Gasteiger partial charge in [0.15, 0.2) is 0 Å². The molecular weight excluding hydrogens is 228 g/mol. The average molecular weight is 244 g/mol. The van der Waals surface area contributed by atoms with E-state index in [1.807, 2.05) is 42.5 Å². The van der Waals surface area contributed by atoms with Gasteiger partial charge in [0.2, 0.25) is 0 Å². The van der Waals surface area contributed by atoms with Crippen molar-refractivity contribution in [1.82, 2.24) is 0 Å². The maximum Gasteiger partial charge on any atom is 0.142 e. The normalized spacial score (nSPS) is 9.89. The van der Waals surface area contributed by atoms with Crippen LogP contribution in [0.25, 0.3) is 0 Å². The highest BCUT2D eigenvalue weighted by atomic mass is 16.5. The molecule has 3 N–H and O–H groups in total. The Morgan fingerprint density at radius 3 is 2.28 bits per heavy atom. The molecule has 2 aromatic rings. The predicted molar refractivity (Wildman–Crippen MR) is 73.7 cm³/mol. The summed E-state index contributed by atoms with van der Waals surface area (Å²) in [6.07, 6.45) is 0. The molecule has 0 radical (unpaired) electrons. The number of anilines is 3. The Morgan fingerprint density at radius 1 is 0.944 bits per heavy atom. The highest BCUT2D eigenvalue weighted by Crippen LogP contribution is 2.31. The topological polar surface area (TPSA) is 56.5 Å². The summed E-state index contributed by atoms with van der Waals surface area (Å²) in [6, 6.07) is 13.1. The molecule has 0 unspecified atom stereocenters. The van der Waals surface area contributed by atoms with E-state index in [9.17, 15) is 0 Å². The Bertz CT molecular complexity index is 524. The summed E-state index contributed by atoms with van der Waals surface area (Å²) in [5.74, 6) is 1.53. The number of hydrogen-bond donors (Lipinski definition) is 2. The molecule has 0 fully saturated rings. The van der Waals surface area contributed by atoms with E-state index in [4.69, 9.17) is 15.2 Å². The molecule has 0 heterocycles. The van der Waals surface area contributed by atoms with Crippen molar-refractivity contribution < 1.29 is 9.47 Å². The smallest absolute Gasteiger partial charge is 0.142 e. The summed E-state index contributed by atoms with van der Waals surface area (Å²) >= 11 is 0. The quantitative estimate of drug-likeness (QED) is 0.812. The Hall–Kier alpha value is -2.36. The molecule has 18 heavy (non-hydrogen) atoms. The third-order valence-electron chi connectivity index (χ3n) is 2.60. The van der Waals surface area contributed by atoms with Gasteiger partial charge in [0, 0.05) is 17.4 Å². The van der Waals surface area contributed by atoms with Crippen LogP contribution < -0.4 is 20.5 Å². The highest BCUT2D eigenvalue weighted by Gasteiger charge is 2.05. The Balaban J connectivity index is 2.29. The minimum atomic E-state index is 0.734. The Morgan fingerprint density at radius 2 is 1.67 bits per heavy atom. The lowest BCUT2D eigenvalue weighted by Gasteiger charge is -2.12. The van der Waals surface area contributed by atoms with E-state index in [0.29, 0.717) is 0 Å². The van der Waals surface area contributed by atoms with Crippen molar-refractivity contribution in [3.63, 3.8) is 0 Å². The SMILES string of the molecule is COc1ccc(OC)c(Nc2ccc(N)cc2)c1. The van der Waals surface area contributed by atoms with E-state index in [1.165, 1.54) is 0 Å². The zero-order chi connectivity index (χ0) is 13.0. The third-order valence-corrected chi connectivity index (χ3v) is 2.60. The maximum absolute atomic E-state index is 5.65. The van der Waals surface area contributed by atoms with Crippen molar-refractivity contribution in [3.8, 4) is 11.5 Å². The van der Waals surface area contributed by atoms with Gasteiger partial charge >= 0.3 is 0 Å². The largest absolute Gasteiger partial charge is 0.497 e. The third kappa shape index (κ3) is 2.66. The van der Waals surface area contributed by atoms with Gasteiger partial charge in [0.1, 0.15) is 11.5 Å². The van der Waals surface area contributed by atoms with Crippen molar-refractivity contribution in [1.29, 1.82) is 0 Å². The molecule has 0 aliphatic carbocycles. The van der Waals surface area contributed by atoms with Crippen LogP contribution in [0.2, 0.25) is 0 Å². The number of rotatable bonds is 4. The second-order valence-corrected chi connectivity index (χ2v) is 3.81. The van der Waals surface area contributed by atoms with Gasteiger partial charge in [-0.05, 0) is 36.4 Å². The van der Waals surface area contributed by atoms with Gasteiger partial charge in [-0.15, -0.1) is 0 Å². The number of ether oxygens (including phenoxy) is 2. The summed E-state index contributed by atoms with van der Waals surface area (Å²) < 4.78 is 10.5. The lowest BCUT2D eigenvalue weighted by atomic mass is 10.2. The van der Waals surface area contributed by atoms with Crippen LogP contribution in [-0.2, 0) is 0 Å². The Labute approximate surface area is 106 Å². The van der Waals surface area contributed by atoms with Gasteiger partial charge in [-0.25, -0.2) is 0 Å². The molecule has 4 nitrogen and oxygen atoms in total. The predicted octanol–water partition coefficient (Wildman–Crippen LogP) is 3.03. The van der Waals surface area contributed by atoms with E-state index < -0.39 is 0 Å². The second kappa shape index (κ2) is 5.31. The average Bonchev–Trinajstić information content (AvgIpc) is 2.41. The first-order chi connectivity index (χ1) is 8.72. The number of nitrogen functional groups attached to an aromatic ring is 1. The zero-order valence-corrected chi connectivity index (χ0v) is 10.4. The summed E-state index contributed by atoms with van der Waals surface area (Å²) in [5, 5.41) is 3.26. The van der Waals surface area contributed by atoms with Gasteiger partial charge in [-0.1, -0.05) is 0 Å². The van der Waals surface area contributed by atoms with Crippen molar-refractivity contribution in [2.75, 3.05) is 25.3 Å². The van der Waals surface area contributed by atoms with Crippen molar-refractivity contribution in [3.05, 3.63) is 42.5 Å². The van der Waals surface area contributed by atoms with Gasteiger partial charge < -0.3 is 20.5 Å². The summed E-state index contributed by atoms with van der Waals surface area (Å²) in [5.41, 5.74) is 8.17. The molecule has 0 spiro atoms. The molecule has 0 bridgehead atoms. The van der Waals surface area contributed by atoms with Crippen LogP contribution in [-0.4, -0.2) is 14.2 Å². The van der Waals surface area contributed by atoms with Crippen LogP contribution in [0.15, 0.2) is 42.5 Å². The van der Waals surface area contributed by atoms with Gasteiger partial charge in [-0.3, -0.25) is 0 Å². The van der Waals surface area contributed by atoms with E-state index in [-0.39, 0.29) is 0 Å². The number of hydrogen-bond acceptors (Lipinski definition) is 4. The fourth-order valence-corrected chi connectivity index (χ4v) is 1.63. The standard InChI is InChI=1S/C14H16N2O2/c1-17-12-7-8-14(18-2)13(9-12)16-11-5-3-10(15)4-6-11/h3-9,16H,15H2,1-2H3. The first kappa shape index (κ1) is 12.1. The van der Waals surface area contributed by atoms with Gasteiger partial charge in [0.25, 0.3) is 0 Å². The van der Waals surface area contributed by atoms with Gasteiger partial charge in [0.05, 0.1) is 19.9 Å². The van der Waals surface area contributed by atoms with Crippen molar-refractivity contribution in [2.45, 2.75) is 0 Å². The van der Waals surface area contributed by atoms with Gasteiger partial charge in [-0.2, -0.15) is 0 Å². The summed E-state index contributed by atoms with van der Waals surface area (Å²) in [7, 11) is 3.27. The minimum Gasteiger partial charge on any atom is -0.497 e. The lowest BCUT2D eigenvalue weighted by molar-refractivity contribution is 0.405.